The lowest BCUT2D eigenvalue weighted by Crippen LogP contribution is -1.96. The fraction of sp³-hybridized carbons (Fsp3) is 0.0714. The van der Waals surface area contributed by atoms with Crippen molar-refractivity contribution >= 4 is 12.4 Å². The van der Waals surface area contributed by atoms with Crippen molar-refractivity contribution in [3.63, 3.8) is 0 Å². The second-order valence-corrected chi connectivity index (χ2v) is 3.47. The first-order chi connectivity index (χ1) is 7.40. The number of allylic oxidation sites excluding steroid dienone is 5. The standard InChI is InChI=1S/C14H12O/c15-11-14(13-8-4-5-9-13)10-12-6-2-1-3-7-12/h1-11,13H. The van der Waals surface area contributed by atoms with Gasteiger partial charge in [0.15, 0.2) is 0 Å². The van der Waals surface area contributed by atoms with Gasteiger partial charge in [-0.3, -0.25) is 4.79 Å². The van der Waals surface area contributed by atoms with E-state index in [9.17, 15) is 4.79 Å². The first kappa shape index (κ1) is 9.66. The second kappa shape index (κ2) is 4.56. The van der Waals surface area contributed by atoms with Crippen LogP contribution in [0.2, 0.25) is 0 Å². The highest BCUT2D eigenvalue weighted by Gasteiger charge is 2.08. The lowest BCUT2D eigenvalue weighted by Gasteiger charge is -2.04. The van der Waals surface area contributed by atoms with E-state index in [1.165, 1.54) is 0 Å². The lowest BCUT2D eigenvalue weighted by atomic mass is 9.99. The molecule has 0 amide bonds. The van der Waals surface area contributed by atoms with Crippen LogP contribution in [-0.4, -0.2) is 6.29 Å². The monoisotopic (exact) mass is 196 g/mol. The molecule has 1 heteroatoms. The molecule has 0 atom stereocenters. The van der Waals surface area contributed by atoms with Crippen LogP contribution in [0, 0.1) is 5.92 Å². The fourth-order valence-electron chi connectivity index (χ4n) is 1.60. The number of aldehydes is 1. The molecule has 0 radical (unpaired) electrons. The summed E-state index contributed by atoms with van der Waals surface area (Å²) < 4.78 is 0. The summed E-state index contributed by atoms with van der Waals surface area (Å²) in [6, 6.07) is 9.88. The summed E-state index contributed by atoms with van der Waals surface area (Å²) in [4.78, 5) is 11.0. The average molecular weight is 196 g/mol. The van der Waals surface area contributed by atoms with Crippen LogP contribution in [0.5, 0.6) is 0 Å². The van der Waals surface area contributed by atoms with Gasteiger partial charge in [0.2, 0.25) is 0 Å². The number of carbonyl (C=O) groups is 1. The smallest absolute Gasteiger partial charge is 0.146 e. The van der Waals surface area contributed by atoms with Crippen molar-refractivity contribution in [3.05, 3.63) is 65.8 Å². The quantitative estimate of drug-likeness (QED) is 0.536. The highest BCUT2D eigenvalue weighted by Crippen LogP contribution is 2.19. The maximum Gasteiger partial charge on any atom is 0.146 e. The predicted molar refractivity (Wildman–Crippen MR) is 62.3 cm³/mol. The summed E-state index contributed by atoms with van der Waals surface area (Å²) in [5.74, 6) is 0.141. The molecule has 0 bridgehead atoms. The van der Waals surface area contributed by atoms with Crippen molar-refractivity contribution in [1.29, 1.82) is 0 Å². The number of hydrogen-bond donors (Lipinski definition) is 0. The molecule has 0 saturated heterocycles. The summed E-state index contributed by atoms with van der Waals surface area (Å²) in [7, 11) is 0. The van der Waals surface area contributed by atoms with Gasteiger partial charge in [-0.05, 0) is 11.6 Å². The fourth-order valence-corrected chi connectivity index (χ4v) is 1.60. The van der Waals surface area contributed by atoms with Gasteiger partial charge >= 0.3 is 0 Å². The van der Waals surface area contributed by atoms with Crippen LogP contribution in [0.4, 0.5) is 0 Å². The summed E-state index contributed by atoms with van der Waals surface area (Å²) in [5, 5.41) is 0. The molecule has 1 nitrogen and oxygen atoms in total. The lowest BCUT2D eigenvalue weighted by molar-refractivity contribution is -0.105. The van der Waals surface area contributed by atoms with E-state index in [0.29, 0.717) is 0 Å². The third-order valence-electron chi connectivity index (χ3n) is 2.40. The Bertz CT molecular complexity index is 412. The Hall–Kier alpha value is -1.89. The second-order valence-electron chi connectivity index (χ2n) is 3.47. The molecule has 1 aromatic rings. The molecule has 0 unspecified atom stereocenters. The summed E-state index contributed by atoms with van der Waals surface area (Å²) in [5.41, 5.74) is 1.86. The van der Waals surface area contributed by atoms with E-state index in [0.717, 1.165) is 17.4 Å². The van der Waals surface area contributed by atoms with Crippen LogP contribution in [0.15, 0.2) is 60.2 Å². The Morgan fingerprint density at radius 1 is 1.07 bits per heavy atom. The van der Waals surface area contributed by atoms with Gasteiger partial charge in [0.05, 0.1) is 0 Å². The molecule has 0 fully saturated rings. The zero-order valence-corrected chi connectivity index (χ0v) is 8.34. The molecule has 1 aromatic carbocycles. The average Bonchev–Trinajstić information content (AvgIpc) is 2.81. The Labute approximate surface area is 89.4 Å². The Kier molecular flexibility index (Phi) is 2.93. The van der Waals surface area contributed by atoms with E-state index in [-0.39, 0.29) is 5.92 Å². The van der Waals surface area contributed by atoms with Crippen molar-refractivity contribution < 1.29 is 4.79 Å². The molecule has 74 valence electrons. The predicted octanol–water partition coefficient (Wildman–Crippen LogP) is 3.01. The van der Waals surface area contributed by atoms with E-state index < -0.39 is 0 Å². The van der Waals surface area contributed by atoms with Crippen LogP contribution < -0.4 is 0 Å². The van der Waals surface area contributed by atoms with Crippen LogP contribution in [0.25, 0.3) is 6.08 Å². The molecular weight excluding hydrogens is 184 g/mol. The largest absolute Gasteiger partial charge is 0.298 e. The first-order valence-electron chi connectivity index (χ1n) is 4.97. The Balaban J connectivity index is 2.27. The van der Waals surface area contributed by atoms with Gasteiger partial charge in [-0.2, -0.15) is 0 Å². The normalized spacial score (nSPS) is 15.9. The van der Waals surface area contributed by atoms with Crippen molar-refractivity contribution in [3.8, 4) is 0 Å². The summed E-state index contributed by atoms with van der Waals surface area (Å²) in [6.07, 6.45) is 10.8. The van der Waals surface area contributed by atoms with Gasteiger partial charge in [-0.15, -0.1) is 0 Å². The highest BCUT2D eigenvalue weighted by atomic mass is 16.1. The molecule has 0 N–H and O–H groups in total. The molecular formula is C14H12O. The van der Waals surface area contributed by atoms with E-state index in [2.05, 4.69) is 0 Å². The van der Waals surface area contributed by atoms with E-state index >= 15 is 0 Å². The van der Waals surface area contributed by atoms with Crippen molar-refractivity contribution in [2.45, 2.75) is 0 Å². The van der Waals surface area contributed by atoms with E-state index in [1.54, 1.807) is 0 Å². The first-order valence-corrected chi connectivity index (χ1v) is 4.97. The van der Waals surface area contributed by atoms with Crippen LogP contribution in [0.3, 0.4) is 0 Å². The third-order valence-corrected chi connectivity index (χ3v) is 2.40. The molecule has 0 heterocycles. The van der Waals surface area contributed by atoms with Gasteiger partial charge in [0.25, 0.3) is 0 Å². The number of hydrogen-bond acceptors (Lipinski definition) is 1. The molecule has 15 heavy (non-hydrogen) atoms. The third kappa shape index (κ3) is 2.32. The summed E-state index contributed by atoms with van der Waals surface area (Å²) in [6.45, 7) is 0. The minimum Gasteiger partial charge on any atom is -0.298 e. The summed E-state index contributed by atoms with van der Waals surface area (Å²) >= 11 is 0. The zero-order valence-electron chi connectivity index (χ0n) is 8.34. The Morgan fingerprint density at radius 3 is 2.33 bits per heavy atom. The molecule has 0 saturated carbocycles. The van der Waals surface area contributed by atoms with Gasteiger partial charge in [0.1, 0.15) is 6.29 Å². The minimum atomic E-state index is 0.141. The van der Waals surface area contributed by atoms with Gasteiger partial charge in [-0.1, -0.05) is 54.6 Å². The van der Waals surface area contributed by atoms with Crippen LogP contribution >= 0.6 is 0 Å². The van der Waals surface area contributed by atoms with Crippen LogP contribution in [-0.2, 0) is 4.79 Å². The van der Waals surface area contributed by atoms with Crippen molar-refractivity contribution in [2.24, 2.45) is 5.92 Å². The van der Waals surface area contributed by atoms with Gasteiger partial charge < -0.3 is 0 Å². The van der Waals surface area contributed by atoms with Gasteiger partial charge in [0, 0.05) is 11.5 Å². The zero-order chi connectivity index (χ0) is 10.5. The minimum absolute atomic E-state index is 0.141. The van der Waals surface area contributed by atoms with Crippen molar-refractivity contribution in [1.82, 2.24) is 0 Å². The topological polar surface area (TPSA) is 17.1 Å². The number of benzene rings is 1. The Morgan fingerprint density at radius 2 is 1.73 bits per heavy atom. The molecule has 2 rings (SSSR count). The highest BCUT2D eigenvalue weighted by molar-refractivity contribution is 5.83. The number of carbonyl (C=O) groups excluding carboxylic acids is 1. The molecule has 0 aliphatic heterocycles. The molecule has 1 aliphatic rings. The molecule has 1 aliphatic carbocycles. The SMILES string of the molecule is O=CC(=Cc1ccccc1)C1C=CC=C1. The van der Waals surface area contributed by atoms with Crippen LogP contribution in [0.1, 0.15) is 5.56 Å². The molecule has 0 spiro atoms. The number of rotatable bonds is 3. The molecule has 0 aromatic heterocycles. The van der Waals surface area contributed by atoms with Crippen molar-refractivity contribution in [2.75, 3.05) is 0 Å². The van der Waals surface area contributed by atoms with Gasteiger partial charge in [-0.25, -0.2) is 0 Å². The maximum absolute atomic E-state index is 11.0. The van der Waals surface area contributed by atoms with E-state index in [4.69, 9.17) is 0 Å². The maximum atomic E-state index is 11.0. The van der Waals surface area contributed by atoms with E-state index in [1.807, 2.05) is 60.7 Å².